The van der Waals surface area contributed by atoms with E-state index in [0.717, 1.165) is 27.7 Å². The van der Waals surface area contributed by atoms with Gasteiger partial charge in [-0.05, 0) is 47.5 Å². The average Bonchev–Trinajstić information content (AvgIpc) is 3.15. The number of aliphatic imine (C=N–C) groups is 1. The van der Waals surface area contributed by atoms with Crippen LogP contribution in [0.2, 0.25) is 5.02 Å². The van der Waals surface area contributed by atoms with E-state index in [2.05, 4.69) is 41.7 Å². The molecule has 4 heteroatoms. The van der Waals surface area contributed by atoms with Gasteiger partial charge < -0.3 is 10.1 Å². The van der Waals surface area contributed by atoms with Gasteiger partial charge in [0.1, 0.15) is 17.6 Å². The third kappa shape index (κ3) is 3.31. The summed E-state index contributed by atoms with van der Waals surface area (Å²) in [4.78, 5) is 5.00. The van der Waals surface area contributed by atoms with Crippen LogP contribution >= 0.6 is 11.6 Å². The maximum Gasteiger partial charge on any atom is 0.129 e. The SMILES string of the molecule is COc1ccc(C2=N[C@@H](c3ccccc3)[C@@H](c3ccc(Cl)cc3)N2)cc1. The number of amidine groups is 1. The predicted octanol–water partition coefficient (Wildman–Crippen LogP) is 5.18. The van der Waals surface area contributed by atoms with Crippen LogP contribution in [0.1, 0.15) is 28.8 Å². The lowest BCUT2D eigenvalue weighted by atomic mass is 9.95. The summed E-state index contributed by atoms with van der Waals surface area (Å²) >= 11 is 6.06. The molecule has 0 aliphatic carbocycles. The van der Waals surface area contributed by atoms with E-state index in [1.807, 2.05) is 42.5 Å². The van der Waals surface area contributed by atoms with Gasteiger partial charge in [0.15, 0.2) is 0 Å². The van der Waals surface area contributed by atoms with E-state index in [1.165, 1.54) is 5.56 Å². The molecule has 130 valence electrons. The zero-order chi connectivity index (χ0) is 17.9. The molecular formula is C22H19ClN2O. The molecule has 0 saturated carbocycles. The second-order valence-electron chi connectivity index (χ2n) is 6.24. The highest BCUT2D eigenvalue weighted by molar-refractivity contribution is 6.30. The second-order valence-corrected chi connectivity index (χ2v) is 6.67. The Morgan fingerprint density at radius 2 is 1.54 bits per heavy atom. The van der Waals surface area contributed by atoms with Crippen LogP contribution in [0.4, 0.5) is 0 Å². The molecule has 2 atom stereocenters. The van der Waals surface area contributed by atoms with E-state index in [0.29, 0.717) is 0 Å². The molecule has 3 aromatic carbocycles. The Bertz CT molecular complexity index is 905. The van der Waals surface area contributed by atoms with Crippen molar-refractivity contribution in [2.75, 3.05) is 7.11 Å². The number of ether oxygens (including phenoxy) is 1. The van der Waals surface area contributed by atoms with Crippen molar-refractivity contribution in [2.45, 2.75) is 12.1 Å². The van der Waals surface area contributed by atoms with Crippen molar-refractivity contribution < 1.29 is 4.74 Å². The van der Waals surface area contributed by atoms with Crippen LogP contribution in [0, 0.1) is 0 Å². The maximum atomic E-state index is 6.06. The van der Waals surface area contributed by atoms with Crippen LogP contribution in [0.15, 0.2) is 83.9 Å². The minimum atomic E-state index is 0.00878. The quantitative estimate of drug-likeness (QED) is 0.693. The van der Waals surface area contributed by atoms with E-state index in [1.54, 1.807) is 7.11 Å². The third-order valence-electron chi connectivity index (χ3n) is 4.61. The minimum Gasteiger partial charge on any atom is -0.497 e. The van der Waals surface area contributed by atoms with Crippen molar-refractivity contribution in [3.8, 4) is 5.75 Å². The molecule has 0 radical (unpaired) electrons. The first-order valence-corrected chi connectivity index (χ1v) is 8.91. The molecule has 3 aromatic rings. The molecule has 0 saturated heterocycles. The summed E-state index contributed by atoms with van der Waals surface area (Å²) in [5, 5.41) is 4.33. The van der Waals surface area contributed by atoms with E-state index in [4.69, 9.17) is 21.3 Å². The lowest BCUT2D eigenvalue weighted by molar-refractivity contribution is 0.415. The number of benzene rings is 3. The molecule has 0 spiro atoms. The van der Waals surface area contributed by atoms with E-state index >= 15 is 0 Å². The number of nitrogens with one attached hydrogen (secondary N) is 1. The molecule has 1 aliphatic rings. The van der Waals surface area contributed by atoms with Gasteiger partial charge in [-0.15, -0.1) is 0 Å². The summed E-state index contributed by atoms with van der Waals surface area (Å²) in [6.07, 6.45) is 0. The van der Waals surface area contributed by atoms with Crippen LogP contribution in [0.25, 0.3) is 0 Å². The first-order valence-electron chi connectivity index (χ1n) is 8.54. The number of hydrogen-bond donors (Lipinski definition) is 1. The highest BCUT2D eigenvalue weighted by Gasteiger charge is 2.31. The normalized spacial score (nSPS) is 18.9. The number of rotatable bonds is 4. The van der Waals surface area contributed by atoms with Crippen LogP contribution in [0.3, 0.4) is 0 Å². The lowest BCUT2D eigenvalue weighted by Crippen LogP contribution is -2.25. The molecule has 1 aliphatic heterocycles. The highest BCUT2D eigenvalue weighted by atomic mass is 35.5. The van der Waals surface area contributed by atoms with Crippen LogP contribution in [0.5, 0.6) is 5.75 Å². The number of methoxy groups -OCH3 is 1. The van der Waals surface area contributed by atoms with Gasteiger partial charge in [-0.2, -0.15) is 0 Å². The number of nitrogens with zero attached hydrogens (tertiary/aromatic N) is 1. The fraction of sp³-hybridized carbons (Fsp3) is 0.136. The van der Waals surface area contributed by atoms with Gasteiger partial charge in [-0.25, -0.2) is 0 Å². The van der Waals surface area contributed by atoms with Gasteiger partial charge in [0.25, 0.3) is 0 Å². The lowest BCUT2D eigenvalue weighted by Gasteiger charge is -2.19. The number of halogens is 1. The van der Waals surface area contributed by atoms with Gasteiger partial charge >= 0.3 is 0 Å². The molecule has 0 bridgehead atoms. The Kier molecular flexibility index (Phi) is 4.63. The third-order valence-corrected chi connectivity index (χ3v) is 4.86. The molecule has 26 heavy (non-hydrogen) atoms. The topological polar surface area (TPSA) is 33.6 Å². The van der Waals surface area contributed by atoms with E-state index in [9.17, 15) is 0 Å². The van der Waals surface area contributed by atoms with Crippen molar-refractivity contribution in [1.82, 2.24) is 5.32 Å². The molecular weight excluding hydrogens is 344 g/mol. The molecule has 0 unspecified atom stereocenters. The van der Waals surface area contributed by atoms with Crippen LogP contribution < -0.4 is 10.1 Å². The van der Waals surface area contributed by atoms with Crippen LogP contribution in [-0.4, -0.2) is 12.9 Å². The fourth-order valence-corrected chi connectivity index (χ4v) is 3.36. The zero-order valence-corrected chi connectivity index (χ0v) is 15.1. The summed E-state index contributed by atoms with van der Waals surface area (Å²) in [5.74, 6) is 1.72. The summed E-state index contributed by atoms with van der Waals surface area (Å²) in [6, 6.07) is 26.4. The van der Waals surface area contributed by atoms with Crippen LogP contribution in [-0.2, 0) is 0 Å². The minimum absolute atomic E-state index is 0.00878. The van der Waals surface area contributed by atoms with Crippen molar-refractivity contribution in [3.63, 3.8) is 0 Å². The maximum absolute atomic E-state index is 6.06. The number of hydrogen-bond acceptors (Lipinski definition) is 3. The van der Waals surface area contributed by atoms with Crippen molar-refractivity contribution in [1.29, 1.82) is 0 Å². The molecule has 1 N–H and O–H groups in total. The molecule has 0 amide bonds. The van der Waals surface area contributed by atoms with Gasteiger partial charge in [0.2, 0.25) is 0 Å². The van der Waals surface area contributed by atoms with Gasteiger partial charge in [-0.1, -0.05) is 54.1 Å². The van der Waals surface area contributed by atoms with Gasteiger partial charge in [-0.3, -0.25) is 4.99 Å². The van der Waals surface area contributed by atoms with Crippen molar-refractivity contribution in [3.05, 3.63) is 101 Å². The first kappa shape index (κ1) is 16.7. The molecule has 0 aromatic heterocycles. The van der Waals surface area contributed by atoms with Crippen molar-refractivity contribution >= 4 is 17.4 Å². The summed E-state index contributed by atoms with van der Waals surface area (Å²) in [6.45, 7) is 0. The Hall–Kier alpha value is -2.78. The monoisotopic (exact) mass is 362 g/mol. The van der Waals surface area contributed by atoms with Crippen molar-refractivity contribution in [2.24, 2.45) is 4.99 Å². The summed E-state index contributed by atoms with van der Waals surface area (Å²) < 4.78 is 5.25. The predicted molar refractivity (Wildman–Crippen MR) is 106 cm³/mol. The average molecular weight is 363 g/mol. The molecule has 0 fully saturated rings. The van der Waals surface area contributed by atoms with Gasteiger partial charge in [0.05, 0.1) is 13.2 Å². The summed E-state index contributed by atoms with van der Waals surface area (Å²) in [5.41, 5.74) is 3.39. The standard InChI is InChI=1S/C22H19ClN2O/c1-26-19-13-9-17(10-14-19)22-24-20(15-5-3-2-4-6-15)21(25-22)16-7-11-18(23)12-8-16/h2-14,20-21H,1H3,(H,24,25)/t20-,21+/m0/s1. The second kappa shape index (κ2) is 7.22. The zero-order valence-electron chi connectivity index (χ0n) is 14.4. The summed E-state index contributed by atoms with van der Waals surface area (Å²) in [7, 11) is 1.67. The fourth-order valence-electron chi connectivity index (χ4n) is 3.24. The largest absolute Gasteiger partial charge is 0.497 e. The molecule has 4 rings (SSSR count). The first-order chi connectivity index (χ1) is 12.7. The Balaban J connectivity index is 1.71. The highest BCUT2D eigenvalue weighted by Crippen LogP contribution is 2.37. The smallest absolute Gasteiger partial charge is 0.129 e. The Labute approximate surface area is 158 Å². The van der Waals surface area contributed by atoms with E-state index in [-0.39, 0.29) is 12.1 Å². The molecule has 1 heterocycles. The van der Waals surface area contributed by atoms with E-state index < -0.39 is 0 Å². The molecule has 3 nitrogen and oxygen atoms in total. The Morgan fingerprint density at radius 3 is 2.19 bits per heavy atom. The Morgan fingerprint density at radius 1 is 0.846 bits per heavy atom. The van der Waals surface area contributed by atoms with Gasteiger partial charge in [0, 0.05) is 10.6 Å².